The molecule has 2 aromatic carbocycles. The molecule has 0 saturated heterocycles. The van der Waals surface area contributed by atoms with Crippen molar-refractivity contribution >= 4 is 28.3 Å². The van der Waals surface area contributed by atoms with Gasteiger partial charge in [-0.15, -0.1) is 0 Å². The largest absolute Gasteiger partial charge is 0.289 e. The van der Waals surface area contributed by atoms with Crippen molar-refractivity contribution in [2.45, 2.75) is 13.1 Å². The molecular formula is C16H15N3O4. The summed E-state index contributed by atoms with van der Waals surface area (Å²) in [5.74, 6) is -0.897. The molecule has 2 aromatic rings. The van der Waals surface area contributed by atoms with Crippen molar-refractivity contribution in [2.75, 3.05) is 14.1 Å². The van der Waals surface area contributed by atoms with E-state index in [0.29, 0.717) is 16.3 Å². The number of benzene rings is 2. The minimum Gasteiger partial charge on any atom is -0.289 e. The second-order valence-electron chi connectivity index (χ2n) is 5.73. The minimum absolute atomic E-state index is 0.162. The van der Waals surface area contributed by atoms with E-state index >= 15 is 0 Å². The number of nitrogens with zero attached hydrogens (tertiary/aromatic N) is 3. The number of nitro benzene ring substituents is 1. The highest BCUT2D eigenvalue weighted by molar-refractivity contribution is 6.25. The van der Waals surface area contributed by atoms with Crippen LogP contribution in [0.4, 0.5) is 5.69 Å². The van der Waals surface area contributed by atoms with Crippen molar-refractivity contribution < 1.29 is 14.5 Å². The van der Waals surface area contributed by atoms with Gasteiger partial charge in [-0.25, -0.2) is 0 Å². The number of amides is 2. The average Bonchev–Trinajstić information content (AvgIpc) is 2.51. The van der Waals surface area contributed by atoms with Gasteiger partial charge in [0.25, 0.3) is 17.5 Å². The molecule has 0 bridgehead atoms. The van der Waals surface area contributed by atoms with Gasteiger partial charge in [0, 0.05) is 23.1 Å². The first kappa shape index (κ1) is 15.1. The van der Waals surface area contributed by atoms with Gasteiger partial charge < -0.3 is 0 Å². The predicted molar refractivity (Wildman–Crippen MR) is 84.3 cm³/mol. The quantitative estimate of drug-likeness (QED) is 0.493. The number of nitro groups is 1. The van der Waals surface area contributed by atoms with Crippen molar-refractivity contribution in [1.29, 1.82) is 0 Å². The van der Waals surface area contributed by atoms with Gasteiger partial charge in [0.15, 0.2) is 0 Å². The summed E-state index contributed by atoms with van der Waals surface area (Å²) >= 11 is 0. The number of hydrogen-bond donors (Lipinski definition) is 0. The first-order valence-corrected chi connectivity index (χ1v) is 7.08. The van der Waals surface area contributed by atoms with Gasteiger partial charge in [-0.3, -0.25) is 29.5 Å². The highest BCUT2D eigenvalue weighted by Crippen LogP contribution is 2.34. The van der Waals surface area contributed by atoms with Gasteiger partial charge in [0.05, 0.1) is 16.7 Å². The fourth-order valence-electron chi connectivity index (χ4n) is 2.79. The molecule has 0 spiro atoms. The van der Waals surface area contributed by atoms with Gasteiger partial charge in [0.1, 0.15) is 0 Å². The zero-order chi connectivity index (χ0) is 16.9. The topological polar surface area (TPSA) is 83.8 Å². The lowest BCUT2D eigenvalue weighted by molar-refractivity contribution is -0.384. The van der Waals surface area contributed by atoms with Gasteiger partial charge >= 0.3 is 0 Å². The molecule has 0 aliphatic carbocycles. The molecule has 0 aromatic heterocycles. The van der Waals surface area contributed by atoms with Crippen LogP contribution < -0.4 is 0 Å². The number of imide groups is 1. The van der Waals surface area contributed by atoms with Crippen LogP contribution in [0.5, 0.6) is 0 Å². The van der Waals surface area contributed by atoms with Crippen LogP contribution in [0.2, 0.25) is 0 Å². The SMILES string of the molecule is CC(N(C)C)N1C(=O)c2cccc3cc([N+](=O)[O-])cc(c23)C1=O. The van der Waals surface area contributed by atoms with E-state index in [9.17, 15) is 19.7 Å². The normalized spacial score (nSPS) is 15.4. The summed E-state index contributed by atoms with van der Waals surface area (Å²) in [4.78, 5) is 39.0. The summed E-state index contributed by atoms with van der Waals surface area (Å²) in [5.41, 5.74) is 0.420. The van der Waals surface area contributed by atoms with Gasteiger partial charge in [-0.2, -0.15) is 0 Å². The third-order valence-corrected chi connectivity index (χ3v) is 4.19. The summed E-state index contributed by atoms with van der Waals surface area (Å²) in [7, 11) is 3.52. The maximum Gasteiger partial charge on any atom is 0.270 e. The van der Waals surface area contributed by atoms with Crippen LogP contribution >= 0.6 is 0 Å². The Hall–Kier alpha value is -2.80. The van der Waals surface area contributed by atoms with Crippen LogP contribution in [0.1, 0.15) is 27.6 Å². The van der Waals surface area contributed by atoms with Crippen LogP contribution in [0.15, 0.2) is 30.3 Å². The van der Waals surface area contributed by atoms with E-state index in [0.717, 1.165) is 4.90 Å². The van der Waals surface area contributed by atoms with Crippen LogP contribution in [-0.4, -0.2) is 46.8 Å². The fourth-order valence-corrected chi connectivity index (χ4v) is 2.79. The molecular weight excluding hydrogens is 298 g/mol. The zero-order valence-corrected chi connectivity index (χ0v) is 12.9. The molecule has 1 heterocycles. The molecule has 7 heteroatoms. The van der Waals surface area contributed by atoms with Crippen molar-refractivity contribution in [3.63, 3.8) is 0 Å². The van der Waals surface area contributed by atoms with Crippen LogP contribution in [0.25, 0.3) is 10.8 Å². The maximum atomic E-state index is 12.8. The average molecular weight is 313 g/mol. The Labute approximate surface area is 132 Å². The number of non-ortho nitro benzene ring substituents is 1. The van der Waals surface area contributed by atoms with Crippen LogP contribution in [0, 0.1) is 10.1 Å². The molecule has 0 fully saturated rings. The molecule has 3 rings (SSSR count). The third kappa shape index (κ3) is 2.17. The van der Waals surface area contributed by atoms with Gasteiger partial charge in [0.2, 0.25) is 0 Å². The molecule has 0 N–H and O–H groups in total. The summed E-state index contributed by atoms with van der Waals surface area (Å²) in [6, 6.07) is 7.60. The smallest absolute Gasteiger partial charge is 0.270 e. The summed E-state index contributed by atoms with van der Waals surface area (Å²) in [5, 5.41) is 12.1. The van der Waals surface area contributed by atoms with E-state index in [1.165, 1.54) is 12.1 Å². The van der Waals surface area contributed by atoms with E-state index in [2.05, 4.69) is 0 Å². The molecule has 1 atom stereocenters. The fraction of sp³-hybridized carbons (Fsp3) is 0.250. The lowest BCUT2D eigenvalue weighted by Crippen LogP contribution is -2.51. The van der Waals surface area contributed by atoms with Crippen molar-refractivity contribution in [3.8, 4) is 0 Å². The second kappa shape index (κ2) is 5.13. The molecule has 23 heavy (non-hydrogen) atoms. The van der Waals surface area contributed by atoms with Crippen LogP contribution in [-0.2, 0) is 0 Å². The van der Waals surface area contributed by atoms with Crippen molar-refractivity contribution in [1.82, 2.24) is 9.80 Å². The van der Waals surface area contributed by atoms with Crippen molar-refractivity contribution in [2.24, 2.45) is 0 Å². The summed E-state index contributed by atoms with van der Waals surface area (Å²) in [6.07, 6.45) is -0.460. The molecule has 0 saturated carbocycles. The number of rotatable bonds is 3. The zero-order valence-electron chi connectivity index (χ0n) is 12.9. The molecule has 7 nitrogen and oxygen atoms in total. The third-order valence-electron chi connectivity index (χ3n) is 4.19. The Kier molecular flexibility index (Phi) is 3.37. The van der Waals surface area contributed by atoms with Crippen molar-refractivity contribution in [3.05, 3.63) is 51.6 Å². The Morgan fingerprint density at radius 2 is 1.78 bits per heavy atom. The lowest BCUT2D eigenvalue weighted by Gasteiger charge is -2.35. The van der Waals surface area contributed by atoms with Gasteiger partial charge in [-0.1, -0.05) is 12.1 Å². The Balaban J connectivity index is 2.31. The van der Waals surface area contributed by atoms with E-state index in [4.69, 9.17) is 0 Å². The maximum absolute atomic E-state index is 12.8. The first-order chi connectivity index (χ1) is 10.8. The molecule has 1 unspecified atom stereocenters. The molecule has 2 amide bonds. The highest BCUT2D eigenvalue weighted by Gasteiger charge is 2.37. The van der Waals surface area contributed by atoms with E-state index in [1.807, 2.05) is 0 Å². The van der Waals surface area contributed by atoms with Gasteiger partial charge in [-0.05, 0) is 32.5 Å². The molecule has 118 valence electrons. The lowest BCUT2D eigenvalue weighted by atomic mass is 9.93. The Bertz CT molecular complexity index is 860. The van der Waals surface area contributed by atoms with E-state index in [1.54, 1.807) is 44.1 Å². The molecule has 1 aliphatic rings. The monoisotopic (exact) mass is 313 g/mol. The first-order valence-electron chi connectivity index (χ1n) is 7.08. The standard InChI is InChI=1S/C16H15N3O4/c1-9(17(2)3)18-15(20)12-6-4-5-10-7-11(19(22)23)8-13(14(10)12)16(18)21/h4-9H,1-3H3. The Morgan fingerprint density at radius 1 is 1.13 bits per heavy atom. The van der Waals surface area contributed by atoms with E-state index in [-0.39, 0.29) is 17.2 Å². The van der Waals surface area contributed by atoms with E-state index < -0.39 is 17.0 Å². The predicted octanol–water partition coefficient (Wildman–Crippen LogP) is 2.25. The summed E-state index contributed by atoms with van der Waals surface area (Å²) < 4.78 is 0. The minimum atomic E-state index is -0.536. The molecule has 0 radical (unpaired) electrons. The van der Waals surface area contributed by atoms with Crippen LogP contribution in [0.3, 0.4) is 0 Å². The number of carbonyl (C=O) groups is 2. The molecule has 1 aliphatic heterocycles. The summed E-state index contributed by atoms with van der Waals surface area (Å²) in [6.45, 7) is 1.73. The highest BCUT2D eigenvalue weighted by atomic mass is 16.6. The number of carbonyl (C=O) groups excluding carboxylic acids is 2. The Morgan fingerprint density at radius 3 is 2.39 bits per heavy atom. The second-order valence-corrected chi connectivity index (χ2v) is 5.73. The number of hydrogen-bond acceptors (Lipinski definition) is 5.